The lowest BCUT2D eigenvalue weighted by Crippen LogP contribution is -2.25. The van der Waals surface area contributed by atoms with E-state index in [0.717, 1.165) is 35.0 Å². The number of carbonyl (C=O) groups excluding carboxylic acids is 1. The van der Waals surface area contributed by atoms with Crippen LogP contribution in [0, 0.1) is 0 Å². The molecule has 22 heavy (non-hydrogen) atoms. The number of methoxy groups -OCH3 is 1. The summed E-state index contributed by atoms with van der Waals surface area (Å²) in [5, 5.41) is 2.89. The van der Waals surface area contributed by atoms with Gasteiger partial charge in [-0.05, 0) is 42.2 Å². The van der Waals surface area contributed by atoms with Gasteiger partial charge >= 0.3 is 0 Å². The number of rotatable bonds is 8. The van der Waals surface area contributed by atoms with Gasteiger partial charge < -0.3 is 10.1 Å². The quantitative estimate of drug-likeness (QED) is 0.592. The van der Waals surface area contributed by atoms with Crippen LogP contribution in [0.25, 0.3) is 11.4 Å². The number of nitrogens with zero attached hydrogens (tertiary/aromatic N) is 2. The number of amides is 1. The average Bonchev–Trinajstić information content (AvgIpc) is 3.02. The van der Waals surface area contributed by atoms with Gasteiger partial charge in [0, 0.05) is 12.1 Å². The monoisotopic (exact) mass is 337 g/mol. The van der Waals surface area contributed by atoms with Crippen LogP contribution in [-0.2, 0) is 4.79 Å². The summed E-state index contributed by atoms with van der Waals surface area (Å²) in [5.41, 5.74) is 0.941. The number of carbonyl (C=O) groups is 1. The summed E-state index contributed by atoms with van der Waals surface area (Å²) in [5.74, 6) is 1.90. The van der Waals surface area contributed by atoms with Crippen LogP contribution in [0.2, 0.25) is 0 Å². The molecule has 0 aliphatic heterocycles. The summed E-state index contributed by atoms with van der Waals surface area (Å²) in [6.45, 7) is 2.84. The number of nitrogens with one attached hydrogen (secondary N) is 1. The molecule has 1 heterocycles. The molecule has 0 radical (unpaired) electrons. The second-order valence-corrected chi connectivity index (χ2v) is 6.58. The molecule has 1 aromatic heterocycles. The minimum absolute atomic E-state index is 0.0413. The molecule has 0 saturated heterocycles. The van der Waals surface area contributed by atoms with E-state index in [1.165, 1.54) is 23.3 Å². The second-order valence-electron chi connectivity index (χ2n) is 4.60. The normalized spacial score (nSPS) is 10.5. The molecule has 2 aromatic rings. The second kappa shape index (κ2) is 8.75. The summed E-state index contributed by atoms with van der Waals surface area (Å²) in [6.07, 6.45) is 2.09. The van der Waals surface area contributed by atoms with Crippen LogP contribution in [0.3, 0.4) is 0 Å². The Kier molecular flexibility index (Phi) is 6.67. The minimum atomic E-state index is 0.0413. The lowest BCUT2D eigenvalue weighted by Gasteiger charge is -2.02. The molecule has 1 amide bonds. The first-order valence-electron chi connectivity index (χ1n) is 7.10. The van der Waals surface area contributed by atoms with Gasteiger partial charge in [0.05, 0.1) is 12.9 Å². The fourth-order valence-electron chi connectivity index (χ4n) is 1.71. The number of aromatic nitrogens is 2. The van der Waals surface area contributed by atoms with Crippen LogP contribution in [0.5, 0.6) is 5.75 Å². The van der Waals surface area contributed by atoms with E-state index in [0.29, 0.717) is 11.6 Å². The highest BCUT2D eigenvalue weighted by Gasteiger charge is 2.09. The molecule has 0 fully saturated rings. The van der Waals surface area contributed by atoms with Gasteiger partial charge in [-0.3, -0.25) is 4.79 Å². The van der Waals surface area contributed by atoms with E-state index < -0.39 is 0 Å². The van der Waals surface area contributed by atoms with E-state index in [2.05, 4.69) is 21.6 Å². The number of benzene rings is 1. The lowest BCUT2D eigenvalue weighted by atomic mass is 10.2. The van der Waals surface area contributed by atoms with Gasteiger partial charge in [-0.2, -0.15) is 4.37 Å². The number of unbranched alkanes of at least 4 members (excludes halogenated alkanes) is 1. The first kappa shape index (κ1) is 16.8. The molecule has 2 rings (SSSR count). The van der Waals surface area contributed by atoms with Crippen molar-refractivity contribution < 1.29 is 9.53 Å². The molecule has 0 bridgehead atoms. The average molecular weight is 337 g/mol. The van der Waals surface area contributed by atoms with Crippen molar-refractivity contribution in [3.63, 3.8) is 0 Å². The fraction of sp³-hybridized carbons (Fsp3) is 0.400. The van der Waals surface area contributed by atoms with Crippen LogP contribution in [0.4, 0.5) is 0 Å². The van der Waals surface area contributed by atoms with Crippen LogP contribution in [-0.4, -0.2) is 34.7 Å². The van der Waals surface area contributed by atoms with Gasteiger partial charge in [0.25, 0.3) is 0 Å². The van der Waals surface area contributed by atoms with Crippen LogP contribution >= 0.6 is 23.3 Å². The first-order valence-corrected chi connectivity index (χ1v) is 8.86. The number of hydrogen-bond acceptors (Lipinski definition) is 6. The van der Waals surface area contributed by atoms with E-state index >= 15 is 0 Å². The van der Waals surface area contributed by atoms with Gasteiger partial charge in [-0.25, -0.2) is 4.98 Å². The molecular weight excluding hydrogens is 318 g/mol. The Bertz CT molecular complexity index is 599. The summed E-state index contributed by atoms with van der Waals surface area (Å²) >= 11 is 2.73. The Balaban J connectivity index is 1.86. The van der Waals surface area contributed by atoms with E-state index in [1.54, 1.807) is 7.11 Å². The molecule has 0 atom stereocenters. The van der Waals surface area contributed by atoms with Gasteiger partial charge in [0.2, 0.25) is 5.91 Å². The molecule has 1 N–H and O–H groups in total. The molecule has 0 aliphatic rings. The Labute approximate surface area is 138 Å². The first-order chi connectivity index (χ1) is 10.7. The third kappa shape index (κ3) is 4.99. The third-order valence-electron chi connectivity index (χ3n) is 2.93. The number of thioether (sulfide) groups is 1. The van der Waals surface area contributed by atoms with E-state index in [9.17, 15) is 4.79 Å². The van der Waals surface area contributed by atoms with Gasteiger partial charge in [-0.1, -0.05) is 25.1 Å². The summed E-state index contributed by atoms with van der Waals surface area (Å²) < 4.78 is 10.3. The standard InChI is InChI=1S/C15H19N3O2S2/c1-3-4-9-16-13(19)10-21-15-17-14(18-22-15)11-5-7-12(20-2)8-6-11/h5-8H,3-4,9-10H2,1-2H3,(H,16,19). The third-order valence-corrected chi connectivity index (χ3v) is 4.77. The Morgan fingerprint density at radius 2 is 2.14 bits per heavy atom. The highest BCUT2D eigenvalue weighted by molar-refractivity contribution is 8.01. The molecule has 0 aliphatic carbocycles. The molecule has 118 valence electrons. The number of ether oxygens (including phenoxy) is 1. The SMILES string of the molecule is CCCCNC(=O)CSc1nc(-c2ccc(OC)cc2)ns1. The zero-order chi connectivity index (χ0) is 15.8. The zero-order valence-corrected chi connectivity index (χ0v) is 14.3. The van der Waals surface area contributed by atoms with Crippen molar-refractivity contribution in [1.29, 1.82) is 0 Å². The highest BCUT2D eigenvalue weighted by atomic mass is 32.2. The predicted octanol–water partition coefficient (Wildman–Crippen LogP) is 3.22. The largest absolute Gasteiger partial charge is 0.497 e. The Morgan fingerprint density at radius 1 is 1.36 bits per heavy atom. The van der Waals surface area contributed by atoms with E-state index in [-0.39, 0.29) is 5.91 Å². The van der Waals surface area contributed by atoms with Crippen molar-refractivity contribution >= 4 is 29.2 Å². The number of hydrogen-bond donors (Lipinski definition) is 1. The molecule has 7 heteroatoms. The minimum Gasteiger partial charge on any atom is -0.497 e. The van der Waals surface area contributed by atoms with Crippen molar-refractivity contribution in [3.8, 4) is 17.1 Å². The maximum atomic E-state index is 11.6. The Morgan fingerprint density at radius 3 is 2.82 bits per heavy atom. The predicted molar refractivity (Wildman–Crippen MR) is 90.5 cm³/mol. The smallest absolute Gasteiger partial charge is 0.230 e. The van der Waals surface area contributed by atoms with Crippen molar-refractivity contribution in [1.82, 2.24) is 14.7 Å². The van der Waals surface area contributed by atoms with Crippen molar-refractivity contribution in [3.05, 3.63) is 24.3 Å². The van der Waals surface area contributed by atoms with E-state index in [1.807, 2.05) is 24.3 Å². The summed E-state index contributed by atoms with van der Waals surface area (Å²) in [6, 6.07) is 7.61. The molecule has 0 unspecified atom stereocenters. The molecular formula is C15H19N3O2S2. The lowest BCUT2D eigenvalue weighted by molar-refractivity contribution is -0.118. The van der Waals surface area contributed by atoms with Crippen molar-refractivity contribution in [2.24, 2.45) is 0 Å². The van der Waals surface area contributed by atoms with Crippen molar-refractivity contribution in [2.75, 3.05) is 19.4 Å². The maximum absolute atomic E-state index is 11.6. The van der Waals surface area contributed by atoms with Crippen LogP contribution in [0.15, 0.2) is 28.6 Å². The molecule has 0 saturated carbocycles. The van der Waals surface area contributed by atoms with Crippen molar-refractivity contribution in [2.45, 2.75) is 24.1 Å². The maximum Gasteiger partial charge on any atom is 0.230 e. The Hall–Kier alpha value is -1.60. The molecule has 1 aromatic carbocycles. The summed E-state index contributed by atoms with van der Waals surface area (Å²) in [4.78, 5) is 16.1. The van der Waals surface area contributed by atoms with Gasteiger partial charge in [0.1, 0.15) is 5.75 Å². The van der Waals surface area contributed by atoms with E-state index in [4.69, 9.17) is 4.74 Å². The van der Waals surface area contributed by atoms with Crippen LogP contribution in [0.1, 0.15) is 19.8 Å². The molecule has 5 nitrogen and oxygen atoms in total. The van der Waals surface area contributed by atoms with Gasteiger partial charge in [-0.15, -0.1) is 0 Å². The fourth-order valence-corrected chi connectivity index (χ4v) is 3.15. The zero-order valence-electron chi connectivity index (χ0n) is 12.7. The summed E-state index contributed by atoms with van der Waals surface area (Å²) in [7, 11) is 1.64. The van der Waals surface area contributed by atoms with Gasteiger partial charge in [0.15, 0.2) is 10.2 Å². The highest BCUT2D eigenvalue weighted by Crippen LogP contribution is 2.26. The topological polar surface area (TPSA) is 64.1 Å². The van der Waals surface area contributed by atoms with Crippen LogP contribution < -0.4 is 10.1 Å². The molecule has 0 spiro atoms.